The Kier molecular flexibility index (Phi) is 5.30. The van der Waals surface area contributed by atoms with E-state index in [1.165, 1.54) is 6.26 Å². The van der Waals surface area contributed by atoms with E-state index in [0.717, 1.165) is 11.3 Å². The van der Waals surface area contributed by atoms with Crippen molar-refractivity contribution in [2.24, 2.45) is 0 Å². The van der Waals surface area contributed by atoms with E-state index in [0.29, 0.717) is 18.1 Å². The Morgan fingerprint density at radius 2 is 1.96 bits per heavy atom. The summed E-state index contributed by atoms with van der Waals surface area (Å²) in [5, 5.41) is 2.93. The molecule has 0 radical (unpaired) electrons. The SMILES string of the molecule is CN(C)C(CNC(=O)Cc1coc(-c2ccccc2)n1)c1ccco1. The van der Waals surface area contributed by atoms with Crippen molar-refractivity contribution >= 4 is 5.91 Å². The maximum absolute atomic E-state index is 12.2. The Morgan fingerprint density at radius 1 is 1.16 bits per heavy atom. The first-order chi connectivity index (χ1) is 12.1. The molecule has 1 unspecified atom stereocenters. The minimum Gasteiger partial charge on any atom is -0.468 e. The second-order valence-corrected chi connectivity index (χ2v) is 5.99. The number of nitrogens with one attached hydrogen (secondary N) is 1. The van der Waals surface area contributed by atoms with Crippen LogP contribution >= 0.6 is 0 Å². The summed E-state index contributed by atoms with van der Waals surface area (Å²) in [6, 6.07) is 13.3. The molecular formula is C19H21N3O3. The zero-order valence-corrected chi connectivity index (χ0v) is 14.3. The van der Waals surface area contributed by atoms with Crippen molar-refractivity contribution in [3.8, 4) is 11.5 Å². The molecule has 3 rings (SSSR count). The van der Waals surface area contributed by atoms with Crippen LogP contribution in [0.25, 0.3) is 11.5 Å². The zero-order valence-electron chi connectivity index (χ0n) is 14.3. The molecule has 1 atom stereocenters. The third kappa shape index (κ3) is 4.36. The van der Waals surface area contributed by atoms with Gasteiger partial charge in [-0.25, -0.2) is 4.98 Å². The number of benzene rings is 1. The molecule has 2 aromatic heterocycles. The first-order valence-electron chi connectivity index (χ1n) is 8.10. The maximum Gasteiger partial charge on any atom is 0.226 e. The molecule has 6 nitrogen and oxygen atoms in total. The van der Waals surface area contributed by atoms with E-state index in [1.54, 1.807) is 6.26 Å². The quantitative estimate of drug-likeness (QED) is 0.717. The van der Waals surface area contributed by atoms with Gasteiger partial charge in [0.05, 0.1) is 24.4 Å². The van der Waals surface area contributed by atoms with E-state index in [2.05, 4.69) is 10.3 Å². The summed E-state index contributed by atoms with van der Waals surface area (Å²) < 4.78 is 10.9. The molecule has 0 bridgehead atoms. The Labute approximate surface area is 146 Å². The molecule has 3 aromatic rings. The average Bonchev–Trinajstić information content (AvgIpc) is 3.28. The Balaban J connectivity index is 1.57. The lowest BCUT2D eigenvalue weighted by Gasteiger charge is -2.22. The number of nitrogens with zero attached hydrogens (tertiary/aromatic N) is 2. The minimum absolute atomic E-state index is 0.0175. The van der Waals surface area contributed by atoms with E-state index in [4.69, 9.17) is 8.83 Å². The van der Waals surface area contributed by atoms with Gasteiger partial charge in [-0.05, 0) is 38.4 Å². The molecule has 1 amide bonds. The van der Waals surface area contributed by atoms with Crippen LogP contribution in [0.2, 0.25) is 0 Å². The van der Waals surface area contributed by atoms with Crippen LogP contribution in [0.5, 0.6) is 0 Å². The first-order valence-corrected chi connectivity index (χ1v) is 8.10. The number of carbonyl (C=O) groups is 1. The van der Waals surface area contributed by atoms with Crippen LogP contribution in [0.4, 0.5) is 0 Å². The lowest BCUT2D eigenvalue weighted by Crippen LogP contribution is -2.35. The van der Waals surface area contributed by atoms with Gasteiger partial charge in [-0.2, -0.15) is 0 Å². The lowest BCUT2D eigenvalue weighted by molar-refractivity contribution is -0.120. The fourth-order valence-corrected chi connectivity index (χ4v) is 2.56. The van der Waals surface area contributed by atoms with E-state index in [1.807, 2.05) is 61.5 Å². The third-order valence-corrected chi connectivity index (χ3v) is 3.90. The molecule has 0 spiro atoms. The van der Waals surface area contributed by atoms with Crippen molar-refractivity contribution in [2.45, 2.75) is 12.5 Å². The van der Waals surface area contributed by atoms with Gasteiger partial charge in [0.15, 0.2) is 0 Å². The molecule has 25 heavy (non-hydrogen) atoms. The summed E-state index contributed by atoms with van der Waals surface area (Å²) in [6.07, 6.45) is 3.33. The predicted octanol–water partition coefficient (Wildman–Crippen LogP) is 2.90. The standard InChI is InChI=1S/C19H21N3O3/c1-22(2)16(17-9-6-10-24-17)12-20-18(23)11-15-13-25-19(21-15)14-7-4-3-5-8-14/h3-10,13,16H,11-12H2,1-2H3,(H,20,23). The fraction of sp³-hybridized carbons (Fsp3) is 0.263. The average molecular weight is 339 g/mol. The van der Waals surface area contributed by atoms with Crippen LogP contribution in [0.1, 0.15) is 17.5 Å². The zero-order chi connectivity index (χ0) is 17.6. The summed E-state index contributed by atoms with van der Waals surface area (Å²) in [5.41, 5.74) is 1.50. The van der Waals surface area contributed by atoms with Gasteiger partial charge in [0.2, 0.25) is 11.8 Å². The van der Waals surface area contributed by atoms with Gasteiger partial charge < -0.3 is 14.2 Å². The number of likely N-dealkylation sites (N-methyl/N-ethyl adjacent to an activating group) is 1. The van der Waals surface area contributed by atoms with E-state index >= 15 is 0 Å². The van der Waals surface area contributed by atoms with Crippen LogP contribution in [0.3, 0.4) is 0 Å². The fourth-order valence-electron chi connectivity index (χ4n) is 2.56. The minimum atomic E-state index is -0.105. The van der Waals surface area contributed by atoms with Gasteiger partial charge in [-0.15, -0.1) is 0 Å². The second kappa shape index (κ2) is 7.81. The summed E-state index contributed by atoms with van der Waals surface area (Å²) >= 11 is 0. The summed E-state index contributed by atoms with van der Waals surface area (Å²) in [5.74, 6) is 1.23. The normalized spacial score (nSPS) is 12.3. The van der Waals surface area contributed by atoms with Gasteiger partial charge in [-0.1, -0.05) is 18.2 Å². The smallest absolute Gasteiger partial charge is 0.226 e. The molecule has 2 heterocycles. The first kappa shape index (κ1) is 17.0. The second-order valence-electron chi connectivity index (χ2n) is 5.99. The van der Waals surface area contributed by atoms with Crippen LogP contribution in [-0.4, -0.2) is 36.4 Å². The lowest BCUT2D eigenvalue weighted by atomic mass is 10.2. The maximum atomic E-state index is 12.2. The van der Waals surface area contributed by atoms with E-state index < -0.39 is 0 Å². The van der Waals surface area contributed by atoms with Crippen LogP contribution < -0.4 is 5.32 Å². The van der Waals surface area contributed by atoms with Gasteiger partial charge in [0, 0.05) is 12.1 Å². The number of hydrogen-bond donors (Lipinski definition) is 1. The molecular weight excluding hydrogens is 318 g/mol. The number of carbonyl (C=O) groups excluding carboxylic acids is 1. The molecule has 130 valence electrons. The molecule has 6 heteroatoms. The molecule has 0 saturated carbocycles. The van der Waals surface area contributed by atoms with Crippen LogP contribution in [-0.2, 0) is 11.2 Å². The molecule has 1 aromatic carbocycles. The number of oxazole rings is 1. The largest absolute Gasteiger partial charge is 0.468 e. The summed E-state index contributed by atoms with van der Waals surface area (Å²) in [7, 11) is 3.90. The van der Waals surface area contributed by atoms with Gasteiger partial charge in [0.25, 0.3) is 0 Å². The summed E-state index contributed by atoms with van der Waals surface area (Å²) in [6.45, 7) is 0.461. The number of rotatable bonds is 7. The Bertz CT molecular complexity index is 794. The molecule has 0 aliphatic carbocycles. The highest BCUT2D eigenvalue weighted by atomic mass is 16.3. The number of amides is 1. The monoisotopic (exact) mass is 339 g/mol. The number of furan rings is 1. The highest BCUT2D eigenvalue weighted by Gasteiger charge is 2.18. The van der Waals surface area contributed by atoms with Crippen molar-refractivity contribution in [2.75, 3.05) is 20.6 Å². The number of hydrogen-bond acceptors (Lipinski definition) is 5. The highest BCUT2D eigenvalue weighted by Crippen LogP contribution is 2.19. The van der Waals surface area contributed by atoms with Crippen LogP contribution in [0.15, 0.2) is 63.8 Å². The van der Waals surface area contributed by atoms with Crippen molar-refractivity contribution in [3.05, 3.63) is 66.4 Å². The molecule has 0 saturated heterocycles. The van der Waals surface area contributed by atoms with Crippen molar-refractivity contribution in [3.63, 3.8) is 0 Å². The summed E-state index contributed by atoms with van der Waals surface area (Å²) in [4.78, 5) is 18.6. The van der Waals surface area contributed by atoms with Crippen molar-refractivity contribution < 1.29 is 13.6 Å². The van der Waals surface area contributed by atoms with Gasteiger partial charge in [-0.3, -0.25) is 9.69 Å². The third-order valence-electron chi connectivity index (χ3n) is 3.90. The predicted molar refractivity (Wildman–Crippen MR) is 93.8 cm³/mol. The Hall–Kier alpha value is -2.86. The van der Waals surface area contributed by atoms with E-state index in [9.17, 15) is 4.79 Å². The van der Waals surface area contributed by atoms with Crippen LogP contribution in [0, 0.1) is 0 Å². The molecule has 1 N–H and O–H groups in total. The molecule has 0 fully saturated rings. The van der Waals surface area contributed by atoms with Crippen molar-refractivity contribution in [1.82, 2.24) is 15.2 Å². The molecule has 0 aliphatic heterocycles. The van der Waals surface area contributed by atoms with Gasteiger partial charge in [0.1, 0.15) is 12.0 Å². The topological polar surface area (TPSA) is 71.5 Å². The van der Waals surface area contributed by atoms with E-state index in [-0.39, 0.29) is 18.4 Å². The highest BCUT2D eigenvalue weighted by molar-refractivity contribution is 5.78. The Morgan fingerprint density at radius 3 is 2.64 bits per heavy atom. The number of aromatic nitrogens is 1. The molecule has 0 aliphatic rings. The van der Waals surface area contributed by atoms with Crippen molar-refractivity contribution in [1.29, 1.82) is 0 Å². The van der Waals surface area contributed by atoms with Gasteiger partial charge >= 0.3 is 0 Å².